The van der Waals surface area contributed by atoms with Crippen LogP contribution in [0, 0.1) is 63.4 Å². The first-order valence-corrected chi connectivity index (χ1v) is 9.37. The SMILES string of the molecule is CC(C)(C)[PH+]([C]1[CH][CH][CH][CH]1)C(C)(C)C.F[B-](F)(F)F.[CH]1[CH][CH][CH][CH]1.[Fe+2]. The standard InChI is InChI=1S/C13H23P.C5H5.BF4.Fe/c1-12(2,3)14(13(4,5)6)11-9-7-8-10-11;1-2-4-5-3-1;2-1(3,4)5;/h7-10,14H,1-6H3;1-5H;;/q+1;;-1;+2. The number of hydrogen-bond acceptors (Lipinski definition) is 0. The van der Waals surface area contributed by atoms with Crippen LogP contribution in [0.2, 0.25) is 0 Å². The zero-order valence-corrected chi connectivity index (χ0v) is 17.7. The second kappa shape index (κ2) is 12.2. The molecule has 0 aromatic rings. The molecule has 0 spiro atoms. The molecule has 0 bridgehead atoms. The van der Waals surface area contributed by atoms with Gasteiger partial charge in [-0.15, -0.1) is 0 Å². The van der Waals surface area contributed by atoms with E-state index in [-0.39, 0.29) is 17.1 Å². The largest absolute Gasteiger partial charge is 2.00 e. The van der Waals surface area contributed by atoms with Gasteiger partial charge in [0.25, 0.3) is 0 Å². The van der Waals surface area contributed by atoms with E-state index in [1.807, 2.05) is 32.1 Å². The fourth-order valence-electron chi connectivity index (χ4n) is 2.85. The van der Waals surface area contributed by atoms with Crippen LogP contribution in [-0.4, -0.2) is 17.6 Å². The fraction of sp³-hybridized carbons (Fsp3) is 0.444. The van der Waals surface area contributed by atoms with Crippen molar-refractivity contribution in [2.75, 3.05) is 0 Å². The van der Waals surface area contributed by atoms with E-state index in [9.17, 15) is 17.3 Å². The molecule has 0 aromatic heterocycles. The zero-order chi connectivity index (χ0) is 19.0. The molecule has 2 saturated carbocycles. The van der Waals surface area contributed by atoms with Gasteiger partial charge >= 0.3 is 24.3 Å². The molecule has 0 saturated heterocycles. The molecule has 2 aliphatic carbocycles. The smallest absolute Gasteiger partial charge is 0.418 e. The Morgan fingerprint density at radius 3 is 1.08 bits per heavy atom. The van der Waals surface area contributed by atoms with Crippen molar-refractivity contribution in [2.45, 2.75) is 51.9 Å². The van der Waals surface area contributed by atoms with Crippen LogP contribution >= 0.6 is 7.92 Å². The van der Waals surface area contributed by atoms with Crippen molar-refractivity contribution in [3.63, 3.8) is 0 Å². The summed E-state index contributed by atoms with van der Waals surface area (Å²) in [6.07, 6.45) is 18.9. The van der Waals surface area contributed by atoms with E-state index in [4.69, 9.17) is 0 Å². The summed E-state index contributed by atoms with van der Waals surface area (Å²) in [5.74, 6) is 0. The second-order valence-corrected chi connectivity index (χ2v) is 11.8. The van der Waals surface area contributed by atoms with Gasteiger partial charge in [0.1, 0.15) is 5.66 Å². The molecule has 10 radical (unpaired) electrons. The van der Waals surface area contributed by atoms with Gasteiger partial charge in [0.2, 0.25) is 0 Å². The molecule has 0 nitrogen and oxygen atoms in total. The monoisotopic (exact) mass is 418 g/mol. The maximum atomic E-state index is 9.75. The number of halogens is 4. The first-order valence-electron chi connectivity index (χ1n) is 7.87. The van der Waals surface area contributed by atoms with Crippen molar-refractivity contribution < 1.29 is 34.3 Å². The Morgan fingerprint density at radius 1 is 0.640 bits per heavy atom. The molecular weight excluding hydrogens is 390 g/mol. The van der Waals surface area contributed by atoms with Crippen LogP contribution < -0.4 is 0 Å². The zero-order valence-electron chi connectivity index (χ0n) is 15.6. The van der Waals surface area contributed by atoms with E-state index >= 15 is 0 Å². The Bertz CT molecular complexity index is 300. The Labute approximate surface area is 165 Å². The second-order valence-electron chi connectivity index (χ2n) is 7.51. The van der Waals surface area contributed by atoms with Crippen molar-refractivity contribution in [1.82, 2.24) is 0 Å². The van der Waals surface area contributed by atoms with Gasteiger partial charge in [-0.2, -0.15) is 0 Å². The predicted octanol–water partition coefficient (Wildman–Crippen LogP) is 6.48. The molecule has 2 aliphatic rings. The van der Waals surface area contributed by atoms with Crippen LogP contribution in [0.4, 0.5) is 17.3 Å². The van der Waals surface area contributed by atoms with Crippen LogP contribution in [-0.2, 0) is 17.1 Å². The first-order chi connectivity index (χ1) is 10.7. The topological polar surface area (TPSA) is 0 Å². The summed E-state index contributed by atoms with van der Waals surface area (Å²) < 4.78 is 39.0. The minimum Gasteiger partial charge on any atom is -0.418 e. The van der Waals surface area contributed by atoms with Gasteiger partial charge in [-0.3, -0.25) is 0 Å². The Hall–Kier alpha value is 0.734. The Kier molecular flexibility index (Phi) is 13.7. The molecule has 25 heavy (non-hydrogen) atoms. The fourth-order valence-corrected chi connectivity index (χ4v) is 7.36. The molecular formula is C18H28BF4FeP+2. The van der Waals surface area contributed by atoms with Crippen molar-refractivity contribution in [1.29, 1.82) is 0 Å². The van der Waals surface area contributed by atoms with E-state index in [0.29, 0.717) is 10.3 Å². The third-order valence-corrected chi connectivity index (χ3v) is 6.92. The number of hydrogen-bond donors (Lipinski definition) is 0. The van der Waals surface area contributed by atoms with Crippen LogP contribution in [0.3, 0.4) is 0 Å². The predicted molar refractivity (Wildman–Crippen MR) is 100.0 cm³/mol. The maximum Gasteiger partial charge on any atom is 2.00 e. The summed E-state index contributed by atoms with van der Waals surface area (Å²) in [5, 5.41) is 0.856. The normalized spacial score (nSPS) is 18.8. The molecule has 0 unspecified atom stereocenters. The van der Waals surface area contributed by atoms with E-state index in [2.05, 4.69) is 67.2 Å². The summed E-state index contributed by atoms with van der Waals surface area (Å²) in [7, 11) is -6.51. The van der Waals surface area contributed by atoms with E-state index in [1.165, 1.54) is 0 Å². The maximum absolute atomic E-state index is 9.75. The summed E-state index contributed by atoms with van der Waals surface area (Å²) in [6, 6.07) is 0. The van der Waals surface area contributed by atoms with Crippen molar-refractivity contribution in [2.24, 2.45) is 0 Å². The van der Waals surface area contributed by atoms with Gasteiger partial charge in [-0.05, 0) is 86.5 Å². The van der Waals surface area contributed by atoms with Crippen molar-refractivity contribution in [3.8, 4) is 0 Å². The summed E-state index contributed by atoms with van der Waals surface area (Å²) in [5.41, 5.74) is 1.58. The van der Waals surface area contributed by atoms with Crippen LogP contribution in [0.15, 0.2) is 0 Å². The van der Waals surface area contributed by atoms with Crippen LogP contribution in [0.1, 0.15) is 41.5 Å². The quantitative estimate of drug-likeness (QED) is 0.260. The summed E-state index contributed by atoms with van der Waals surface area (Å²) >= 11 is 0. The van der Waals surface area contributed by atoms with E-state index in [0.717, 1.165) is 0 Å². The van der Waals surface area contributed by atoms with Gasteiger partial charge < -0.3 is 17.3 Å². The van der Waals surface area contributed by atoms with Crippen molar-refractivity contribution >= 4 is 15.2 Å². The molecule has 2 fully saturated rings. The Morgan fingerprint density at radius 2 is 0.880 bits per heavy atom. The van der Waals surface area contributed by atoms with Gasteiger partial charge in [-0.25, -0.2) is 0 Å². The number of rotatable bonds is 1. The summed E-state index contributed by atoms with van der Waals surface area (Å²) in [6.45, 7) is 14.2. The molecule has 0 amide bonds. The average Bonchev–Trinajstić information content (AvgIpc) is 2.97. The van der Waals surface area contributed by atoms with Gasteiger partial charge in [0.15, 0.2) is 0 Å². The minimum atomic E-state index is -6.00. The average molecular weight is 418 g/mol. The summed E-state index contributed by atoms with van der Waals surface area (Å²) in [4.78, 5) is 0. The molecule has 0 aliphatic heterocycles. The van der Waals surface area contributed by atoms with E-state index < -0.39 is 15.2 Å². The minimum absolute atomic E-state index is 0. The van der Waals surface area contributed by atoms with Gasteiger partial charge in [0, 0.05) is 20.8 Å². The molecule has 2 rings (SSSR count). The van der Waals surface area contributed by atoms with Crippen LogP contribution in [0.5, 0.6) is 0 Å². The molecule has 7 heteroatoms. The van der Waals surface area contributed by atoms with Gasteiger partial charge in [-0.1, -0.05) is 0 Å². The molecule has 0 aromatic carbocycles. The molecule has 0 N–H and O–H groups in total. The first kappa shape index (κ1) is 27.9. The third-order valence-electron chi connectivity index (χ3n) is 3.01. The van der Waals surface area contributed by atoms with Crippen molar-refractivity contribution in [3.05, 3.63) is 63.4 Å². The Balaban J connectivity index is 0. The molecule has 0 heterocycles. The van der Waals surface area contributed by atoms with Crippen LogP contribution in [0.25, 0.3) is 0 Å². The van der Waals surface area contributed by atoms with Gasteiger partial charge in [0.05, 0.1) is 10.3 Å². The third kappa shape index (κ3) is 15.5. The molecule has 0 atom stereocenters. The van der Waals surface area contributed by atoms with E-state index in [1.54, 1.807) is 5.66 Å². The molecule has 142 valence electrons.